The summed E-state index contributed by atoms with van der Waals surface area (Å²) < 4.78 is 37.5. The van der Waals surface area contributed by atoms with Gasteiger partial charge in [-0.2, -0.15) is 0 Å². The molecule has 0 aliphatic heterocycles. The molecule has 0 bridgehead atoms. The van der Waals surface area contributed by atoms with Gasteiger partial charge in [0.15, 0.2) is 22.4 Å². The van der Waals surface area contributed by atoms with E-state index in [0.717, 1.165) is 23.0 Å². The summed E-state index contributed by atoms with van der Waals surface area (Å²) in [7, 11) is 3.06. The molecule has 0 spiro atoms. The SMILES string of the molecule is COc1ccc(/C=C/C(=O)Nc2nc3c(F)cc(F)cc3s2)cc1OC. The number of hydrogen-bond acceptors (Lipinski definition) is 5. The first-order chi connectivity index (χ1) is 12.5. The highest BCUT2D eigenvalue weighted by atomic mass is 32.1. The molecule has 134 valence electrons. The minimum absolute atomic E-state index is 0.0237. The lowest BCUT2D eigenvalue weighted by atomic mass is 10.2. The third-order valence-corrected chi connectivity index (χ3v) is 4.40. The van der Waals surface area contributed by atoms with E-state index in [9.17, 15) is 13.6 Å². The first-order valence-corrected chi connectivity index (χ1v) is 8.28. The average Bonchev–Trinajstić information content (AvgIpc) is 3.02. The lowest BCUT2D eigenvalue weighted by Crippen LogP contribution is -2.07. The van der Waals surface area contributed by atoms with Gasteiger partial charge in [-0.25, -0.2) is 13.8 Å². The predicted molar refractivity (Wildman–Crippen MR) is 96.7 cm³/mol. The third kappa shape index (κ3) is 3.80. The van der Waals surface area contributed by atoms with Crippen LogP contribution in [0.25, 0.3) is 16.3 Å². The minimum atomic E-state index is -0.766. The number of ether oxygens (including phenoxy) is 2. The summed E-state index contributed by atoms with van der Waals surface area (Å²) >= 11 is 0.993. The maximum Gasteiger partial charge on any atom is 0.250 e. The molecule has 3 rings (SSSR count). The fraction of sp³-hybridized carbons (Fsp3) is 0.111. The largest absolute Gasteiger partial charge is 0.493 e. The van der Waals surface area contributed by atoms with Gasteiger partial charge >= 0.3 is 0 Å². The summed E-state index contributed by atoms with van der Waals surface area (Å²) in [5, 5.41) is 2.72. The summed E-state index contributed by atoms with van der Waals surface area (Å²) in [5.74, 6) is -0.779. The van der Waals surface area contributed by atoms with Gasteiger partial charge in [-0.15, -0.1) is 0 Å². The van der Waals surface area contributed by atoms with E-state index in [0.29, 0.717) is 16.2 Å². The van der Waals surface area contributed by atoms with Crippen molar-refractivity contribution in [2.24, 2.45) is 0 Å². The summed E-state index contributed by atoms with van der Waals surface area (Å²) in [6.07, 6.45) is 2.90. The van der Waals surface area contributed by atoms with Crippen LogP contribution in [-0.2, 0) is 4.79 Å². The molecule has 8 heteroatoms. The number of aromatic nitrogens is 1. The Balaban J connectivity index is 1.74. The molecule has 1 N–H and O–H groups in total. The number of halogens is 2. The Bertz CT molecular complexity index is 1000. The minimum Gasteiger partial charge on any atom is -0.493 e. The molecule has 3 aromatic rings. The molecule has 5 nitrogen and oxygen atoms in total. The fourth-order valence-corrected chi connectivity index (χ4v) is 3.19. The maximum absolute atomic E-state index is 13.7. The number of carbonyl (C=O) groups is 1. The molecule has 1 heterocycles. The number of rotatable bonds is 5. The molecule has 0 fully saturated rings. The summed E-state index contributed by atoms with van der Waals surface area (Å²) in [5.41, 5.74) is 0.755. The van der Waals surface area contributed by atoms with Gasteiger partial charge in [0.25, 0.3) is 0 Å². The van der Waals surface area contributed by atoms with Crippen LogP contribution in [0, 0.1) is 11.6 Å². The number of methoxy groups -OCH3 is 2. The van der Waals surface area contributed by atoms with Crippen molar-refractivity contribution in [3.63, 3.8) is 0 Å². The first-order valence-electron chi connectivity index (χ1n) is 7.47. The number of fused-ring (bicyclic) bond motifs is 1. The number of hydrogen-bond donors (Lipinski definition) is 1. The molecule has 0 radical (unpaired) electrons. The Labute approximate surface area is 151 Å². The zero-order chi connectivity index (χ0) is 18.7. The summed E-state index contributed by atoms with van der Waals surface area (Å²) in [6, 6.07) is 7.14. The molecule has 26 heavy (non-hydrogen) atoms. The first kappa shape index (κ1) is 17.8. The highest BCUT2D eigenvalue weighted by Gasteiger charge is 2.11. The van der Waals surface area contributed by atoms with Crippen molar-refractivity contribution < 1.29 is 23.0 Å². The number of benzene rings is 2. The Kier molecular flexibility index (Phi) is 5.13. The van der Waals surface area contributed by atoms with E-state index < -0.39 is 17.5 Å². The van der Waals surface area contributed by atoms with Crippen LogP contribution in [0.15, 0.2) is 36.4 Å². The van der Waals surface area contributed by atoms with Gasteiger partial charge in [-0.3, -0.25) is 10.1 Å². The molecule has 0 saturated carbocycles. The van der Waals surface area contributed by atoms with Crippen LogP contribution in [0.2, 0.25) is 0 Å². The van der Waals surface area contributed by atoms with Gasteiger partial charge in [-0.1, -0.05) is 17.4 Å². The van der Waals surface area contributed by atoms with Crippen molar-refractivity contribution in [1.82, 2.24) is 4.98 Å². The number of anilines is 1. The number of amides is 1. The Morgan fingerprint density at radius 3 is 2.65 bits per heavy atom. The van der Waals surface area contributed by atoms with E-state index in [1.54, 1.807) is 24.3 Å². The van der Waals surface area contributed by atoms with Crippen molar-refractivity contribution in [1.29, 1.82) is 0 Å². The number of thiazole rings is 1. The smallest absolute Gasteiger partial charge is 0.250 e. The fourth-order valence-electron chi connectivity index (χ4n) is 2.29. The number of nitrogens with one attached hydrogen (secondary N) is 1. The maximum atomic E-state index is 13.7. The van der Waals surface area contributed by atoms with Crippen LogP contribution in [0.1, 0.15) is 5.56 Å². The van der Waals surface area contributed by atoms with Gasteiger partial charge in [0.2, 0.25) is 5.91 Å². The lowest BCUT2D eigenvalue weighted by molar-refractivity contribution is -0.111. The molecule has 0 unspecified atom stereocenters. The van der Waals surface area contributed by atoms with E-state index in [1.807, 2.05) is 0 Å². The quantitative estimate of drug-likeness (QED) is 0.677. The summed E-state index contributed by atoms with van der Waals surface area (Å²) in [6.45, 7) is 0. The van der Waals surface area contributed by atoms with Crippen LogP contribution in [0.4, 0.5) is 13.9 Å². The number of nitrogens with zero attached hydrogens (tertiary/aromatic N) is 1. The number of carbonyl (C=O) groups excluding carboxylic acids is 1. The second kappa shape index (κ2) is 7.49. The van der Waals surface area contributed by atoms with Crippen LogP contribution in [0.5, 0.6) is 11.5 Å². The normalized spacial score (nSPS) is 11.1. The highest BCUT2D eigenvalue weighted by Crippen LogP contribution is 2.29. The third-order valence-electron chi connectivity index (χ3n) is 3.48. The zero-order valence-corrected chi connectivity index (χ0v) is 14.7. The Morgan fingerprint density at radius 2 is 1.92 bits per heavy atom. The molecule has 0 saturated heterocycles. The van der Waals surface area contributed by atoms with Gasteiger partial charge in [0.05, 0.1) is 18.9 Å². The molecule has 1 aromatic heterocycles. The van der Waals surface area contributed by atoms with Gasteiger partial charge in [0, 0.05) is 12.1 Å². The van der Waals surface area contributed by atoms with Crippen molar-refractivity contribution >= 4 is 38.7 Å². The van der Waals surface area contributed by atoms with Crippen LogP contribution < -0.4 is 14.8 Å². The molecule has 0 atom stereocenters. The Hall–Kier alpha value is -3.00. The second-order valence-corrected chi connectivity index (χ2v) is 6.22. The van der Waals surface area contributed by atoms with E-state index in [4.69, 9.17) is 9.47 Å². The predicted octanol–water partition coefficient (Wildman–Crippen LogP) is 4.24. The topological polar surface area (TPSA) is 60.5 Å². The van der Waals surface area contributed by atoms with Crippen molar-refractivity contribution in [2.75, 3.05) is 19.5 Å². The Morgan fingerprint density at radius 1 is 1.15 bits per heavy atom. The van der Waals surface area contributed by atoms with E-state index in [1.165, 1.54) is 26.4 Å². The van der Waals surface area contributed by atoms with E-state index >= 15 is 0 Å². The zero-order valence-electron chi connectivity index (χ0n) is 13.9. The molecular formula is C18H14F2N2O3S. The molecule has 0 aliphatic rings. The van der Waals surface area contributed by atoms with E-state index in [-0.39, 0.29) is 10.6 Å². The average molecular weight is 376 g/mol. The van der Waals surface area contributed by atoms with Crippen LogP contribution in [-0.4, -0.2) is 25.1 Å². The highest BCUT2D eigenvalue weighted by molar-refractivity contribution is 7.22. The van der Waals surface area contributed by atoms with E-state index in [2.05, 4.69) is 10.3 Å². The molecule has 1 amide bonds. The monoisotopic (exact) mass is 376 g/mol. The van der Waals surface area contributed by atoms with Crippen molar-refractivity contribution in [2.45, 2.75) is 0 Å². The lowest BCUT2D eigenvalue weighted by Gasteiger charge is -2.07. The van der Waals surface area contributed by atoms with Crippen LogP contribution in [0.3, 0.4) is 0 Å². The van der Waals surface area contributed by atoms with Gasteiger partial charge < -0.3 is 9.47 Å². The van der Waals surface area contributed by atoms with Gasteiger partial charge in [-0.05, 0) is 29.8 Å². The molecule has 0 aliphatic carbocycles. The van der Waals surface area contributed by atoms with Crippen molar-refractivity contribution in [3.05, 3.63) is 53.6 Å². The molecular weight excluding hydrogens is 362 g/mol. The standard InChI is InChI=1S/C18H14F2N2O3S/c1-24-13-5-3-10(7-14(13)25-2)4-6-16(23)21-18-22-17-12(20)8-11(19)9-15(17)26-18/h3-9H,1-2H3,(H,21,22,23)/b6-4+. The van der Waals surface area contributed by atoms with Crippen LogP contribution >= 0.6 is 11.3 Å². The summed E-state index contributed by atoms with van der Waals surface area (Å²) in [4.78, 5) is 16.0. The molecule has 2 aromatic carbocycles. The second-order valence-electron chi connectivity index (χ2n) is 5.19. The van der Waals surface area contributed by atoms with Gasteiger partial charge in [0.1, 0.15) is 11.3 Å². The van der Waals surface area contributed by atoms with Crippen molar-refractivity contribution in [3.8, 4) is 11.5 Å².